The first kappa shape index (κ1) is 22.6. The lowest BCUT2D eigenvalue weighted by molar-refractivity contribution is -0.113. The van der Waals surface area contributed by atoms with E-state index in [9.17, 15) is 4.79 Å². The molecule has 0 bridgehead atoms. The van der Waals surface area contributed by atoms with Gasteiger partial charge in [0.05, 0.1) is 12.9 Å². The molecule has 1 aromatic heterocycles. The number of amides is 1. The molecule has 0 unspecified atom stereocenters. The molecule has 4 aromatic rings. The molecule has 7 heteroatoms. The van der Waals surface area contributed by atoms with Gasteiger partial charge in [0.25, 0.3) is 0 Å². The normalized spacial score (nSPS) is 10.8. The van der Waals surface area contributed by atoms with E-state index in [2.05, 4.69) is 21.6 Å². The van der Waals surface area contributed by atoms with Gasteiger partial charge in [-0.15, -0.1) is 10.2 Å². The highest BCUT2D eigenvalue weighted by Gasteiger charge is 2.18. The van der Waals surface area contributed by atoms with E-state index in [1.165, 1.54) is 11.8 Å². The number of rotatable bonds is 7. The van der Waals surface area contributed by atoms with Gasteiger partial charge in [0.15, 0.2) is 11.0 Å². The van der Waals surface area contributed by atoms with Crippen LogP contribution in [0, 0.1) is 20.8 Å². The van der Waals surface area contributed by atoms with Crippen molar-refractivity contribution in [3.8, 4) is 22.8 Å². The maximum absolute atomic E-state index is 12.7. The Morgan fingerprint density at radius 3 is 2.45 bits per heavy atom. The second kappa shape index (κ2) is 9.92. The number of nitrogens with zero attached hydrogens (tertiary/aromatic N) is 3. The van der Waals surface area contributed by atoms with Crippen molar-refractivity contribution >= 4 is 23.4 Å². The van der Waals surface area contributed by atoms with E-state index >= 15 is 0 Å². The summed E-state index contributed by atoms with van der Waals surface area (Å²) in [5.74, 6) is 1.62. The molecule has 0 aliphatic heterocycles. The summed E-state index contributed by atoms with van der Waals surface area (Å²) in [6, 6.07) is 21.9. The van der Waals surface area contributed by atoms with Crippen molar-refractivity contribution < 1.29 is 9.53 Å². The molecule has 0 saturated heterocycles. The Labute approximate surface area is 198 Å². The number of hydrogen-bond donors (Lipinski definition) is 1. The van der Waals surface area contributed by atoms with E-state index < -0.39 is 0 Å². The Morgan fingerprint density at radius 1 is 0.970 bits per heavy atom. The largest absolute Gasteiger partial charge is 0.497 e. The van der Waals surface area contributed by atoms with Gasteiger partial charge in [-0.2, -0.15) is 0 Å². The molecule has 0 fully saturated rings. The standard InChI is InChI=1S/C26H26N4O2S/c1-17-6-5-7-20(14-17)25-28-29-26(30(25)21-10-12-22(32-4)13-11-21)33-16-24(31)27-23-15-18(2)8-9-19(23)3/h5-15H,16H2,1-4H3,(H,27,31). The van der Waals surface area contributed by atoms with Gasteiger partial charge in [-0.05, 0) is 68.3 Å². The smallest absolute Gasteiger partial charge is 0.234 e. The fourth-order valence-corrected chi connectivity index (χ4v) is 4.24. The van der Waals surface area contributed by atoms with Crippen LogP contribution in [0.2, 0.25) is 0 Å². The van der Waals surface area contributed by atoms with Gasteiger partial charge < -0.3 is 10.1 Å². The number of aromatic nitrogens is 3. The SMILES string of the molecule is COc1ccc(-n2c(SCC(=O)Nc3cc(C)ccc3C)nnc2-c2cccc(C)c2)cc1. The molecule has 0 radical (unpaired) electrons. The Morgan fingerprint density at radius 2 is 1.73 bits per heavy atom. The maximum atomic E-state index is 12.7. The molecule has 6 nitrogen and oxygen atoms in total. The van der Waals surface area contributed by atoms with E-state index in [0.717, 1.165) is 45.2 Å². The lowest BCUT2D eigenvalue weighted by atomic mass is 10.1. The second-order valence-electron chi connectivity index (χ2n) is 7.86. The van der Waals surface area contributed by atoms with Crippen molar-refractivity contribution in [3.63, 3.8) is 0 Å². The predicted molar refractivity (Wildman–Crippen MR) is 133 cm³/mol. The van der Waals surface area contributed by atoms with Gasteiger partial charge in [0.2, 0.25) is 5.91 Å². The first-order valence-electron chi connectivity index (χ1n) is 10.6. The number of ether oxygens (including phenoxy) is 1. The highest BCUT2D eigenvalue weighted by atomic mass is 32.2. The van der Waals surface area contributed by atoms with Crippen LogP contribution in [-0.4, -0.2) is 33.5 Å². The van der Waals surface area contributed by atoms with Gasteiger partial charge in [-0.1, -0.05) is 47.7 Å². The zero-order valence-electron chi connectivity index (χ0n) is 19.1. The number of thioether (sulfide) groups is 1. The molecule has 3 aromatic carbocycles. The number of anilines is 1. The highest BCUT2D eigenvalue weighted by Crippen LogP contribution is 2.29. The molecule has 0 saturated carbocycles. The third-order valence-electron chi connectivity index (χ3n) is 5.24. The summed E-state index contributed by atoms with van der Waals surface area (Å²) in [5, 5.41) is 12.5. The molecule has 0 aliphatic rings. The van der Waals surface area contributed by atoms with E-state index in [1.807, 2.05) is 86.0 Å². The van der Waals surface area contributed by atoms with Crippen molar-refractivity contribution in [1.29, 1.82) is 0 Å². The van der Waals surface area contributed by atoms with Crippen molar-refractivity contribution in [2.75, 3.05) is 18.2 Å². The Balaban J connectivity index is 1.62. The lowest BCUT2D eigenvalue weighted by Crippen LogP contribution is -2.15. The highest BCUT2D eigenvalue weighted by molar-refractivity contribution is 7.99. The van der Waals surface area contributed by atoms with Gasteiger partial charge in [-0.25, -0.2) is 0 Å². The number of hydrogen-bond acceptors (Lipinski definition) is 5. The van der Waals surface area contributed by atoms with Gasteiger partial charge in [0.1, 0.15) is 5.75 Å². The first-order chi connectivity index (χ1) is 15.9. The van der Waals surface area contributed by atoms with Crippen molar-refractivity contribution in [2.45, 2.75) is 25.9 Å². The molecule has 1 amide bonds. The average Bonchev–Trinajstić information content (AvgIpc) is 3.24. The van der Waals surface area contributed by atoms with Crippen molar-refractivity contribution in [2.24, 2.45) is 0 Å². The maximum Gasteiger partial charge on any atom is 0.234 e. The van der Waals surface area contributed by atoms with E-state index in [-0.39, 0.29) is 11.7 Å². The summed E-state index contributed by atoms with van der Waals surface area (Å²) in [4.78, 5) is 12.7. The molecule has 0 aliphatic carbocycles. The fraction of sp³-hybridized carbons (Fsp3) is 0.192. The number of methoxy groups -OCH3 is 1. The third kappa shape index (κ3) is 5.26. The Bertz CT molecular complexity index is 1280. The molecule has 1 heterocycles. The first-order valence-corrected chi connectivity index (χ1v) is 11.6. The second-order valence-corrected chi connectivity index (χ2v) is 8.81. The summed E-state index contributed by atoms with van der Waals surface area (Å²) in [6.45, 7) is 6.04. The number of benzene rings is 3. The average molecular weight is 459 g/mol. The van der Waals surface area contributed by atoms with Crippen LogP contribution in [0.3, 0.4) is 0 Å². The minimum atomic E-state index is -0.0879. The van der Waals surface area contributed by atoms with E-state index in [4.69, 9.17) is 4.74 Å². The molecule has 1 N–H and O–H groups in total. The monoisotopic (exact) mass is 458 g/mol. The Kier molecular flexibility index (Phi) is 6.79. The molecule has 0 spiro atoms. The van der Waals surface area contributed by atoms with Crippen molar-refractivity contribution in [3.05, 3.63) is 83.4 Å². The molecule has 33 heavy (non-hydrogen) atoms. The predicted octanol–water partition coefficient (Wildman–Crippen LogP) is 5.60. The number of nitrogens with one attached hydrogen (secondary N) is 1. The number of carbonyl (C=O) groups is 1. The molecular formula is C26H26N4O2S. The Hall–Kier alpha value is -3.58. The topological polar surface area (TPSA) is 69.0 Å². The minimum Gasteiger partial charge on any atom is -0.497 e. The van der Waals surface area contributed by atoms with E-state index in [1.54, 1.807) is 7.11 Å². The van der Waals surface area contributed by atoms with Crippen LogP contribution in [0.25, 0.3) is 17.1 Å². The number of carbonyl (C=O) groups excluding carboxylic acids is 1. The quantitative estimate of drug-likeness (QED) is 0.365. The zero-order chi connectivity index (χ0) is 23.4. The van der Waals surface area contributed by atoms with Crippen molar-refractivity contribution in [1.82, 2.24) is 14.8 Å². The van der Waals surface area contributed by atoms with Crippen LogP contribution < -0.4 is 10.1 Å². The summed E-state index contributed by atoms with van der Waals surface area (Å²) in [5.41, 5.74) is 5.96. The van der Waals surface area contributed by atoms with Crippen LogP contribution in [0.4, 0.5) is 5.69 Å². The van der Waals surface area contributed by atoms with Gasteiger partial charge in [-0.3, -0.25) is 9.36 Å². The number of aryl methyl sites for hydroxylation is 3. The van der Waals surface area contributed by atoms with Crippen LogP contribution in [0.1, 0.15) is 16.7 Å². The molecule has 0 atom stereocenters. The molecule has 168 valence electrons. The minimum absolute atomic E-state index is 0.0879. The third-order valence-corrected chi connectivity index (χ3v) is 6.17. The fourth-order valence-electron chi connectivity index (χ4n) is 3.49. The van der Waals surface area contributed by atoms with Crippen LogP contribution in [-0.2, 0) is 4.79 Å². The zero-order valence-corrected chi connectivity index (χ0v) is 19.9. The lowest BCUT2D eigenvalue weighted by Gasteiger charge is -2.12. The summed E-state index contributed by atoms with van der Waals surface area (Å²) in [7, 11) is 1.64. The molecule has 4 rings (SSSR count). The van der Waals surface area contributed by atoms with Gasteiger partial charge in [0, 0.05) is 16.9 Å². The summed E-state index contributed by atoms with van der Waals surface area (Å²) in [6.07, 6.45) is 0. The van der Waals surface area contributed by atoms with Crippen LogP contribution in [0.5, 0.6) is 5.75 Å². The molecular weight excluding hydrogens is 432 g/mol. The van der Waals surface area contributed by atoms with Gasteiger partial charge >= 0.3 is 0 Å². The summed E-state index contributed by atoms with van der Waals surface area (Å²) < 4.78 is 7.28. The summed E-state index contributed by atoms with van der Waals surface area (Å²) >= 11 is 1.36. The van der Waals surface area contributed by atoms with E-state index in [0.29, 0.717) is 5.16 Å². The van der Waals surface area contributed by atoms with Crippen LogP contribution >= 0.6 is 11.8 Å². The van der Waals surface area contributed by atoms with Crippen LogP contribution in [0.15, 0.2) is 71.9 Å².